The lowest BCUT2D eigenvalue weighted by Crippen LogP contribution is -2.28. The highest BCUT2D eigenvalue weighted by Gasteiger charge is 2.16. The van der Waals surface area contributed by atoms with E-state index < -0.39 is 6.10 Å². The SMILES string of the molecule is CCCCCCCC/C=C\CCCCCCCC(=O)OCC(CO)OC(=O)CCCCCCC/C=C\CCCCCCCC.Nc1cc[pH]c1. The molecule has 1 rings (SSSR count). The lowest BCUT2D eigenvalue weighted by atomic mass is 10.1. The summed E-state index contributed by atoms with van der Waals surface area (Å²) in [5.41, 5.74) is 6.23. The summed E-state index contributed by atoms with van der Waals surface area (Å²) in [5, 5.41) is 9.53. The van der Waals surface area contributed by atoms with E-state index in [9.17, 15) is 14.7 Å². The molecule has 0 aliphatic heterocycles. The standard InChI is InChI=1S/C39H72O5.C4H6NP/c1-3-5-7-9-11-13-15-17-19-21-23-25-27-29-31-33-38(41)43-36-37(35-40)44-39(42)34-32-30-28-26-24-22-20-18-16-14-12-10-8-6-4-2;5-4-1-2-6-3-4/h17-20,37,40H,3-16,21-36H2,1-2H3;1-3,6H,5H2/b19-17-,20-18-;. The highest BCUT2D eigenvalue weighted by Crippen LogP contribution is 2.13. The van der Waals surface area contributed by atoms with Crippen molar-refractivity contribution in [1.29, 1.82) is 0 Å². The summed E-state index contributed by atoms with van der Waals surface area (Å²) in [6.45, 7) is 4.11. The van der Waals surface area contributed by atoms with Gasteiger partial charge in [-0.2, -0.15) is 0 Å². The maximum atomic E-state index is 12.1. The molecule has 2 unspecified atom stereocenters. The molecule has 0 aliphatic carbocycles. The number of esters is 2. The molecule has 3 N–H and O–H groups in total. The molecule has 0 fully saturated rings. The Hall–Kier alpha value is -2.04. The molecule has 1 aromatic rings. The fourth-order valence-corrected chi connectivity index (χ4v) is 6.32. The molecule has 50 heavy (non-hydrogen) atoms. The van der Waals surface area contributed by atoms with Crippen LogP contribution in [-0.2, 0) is 19.1 Å². The molecule has 1 aromatic heterocycles. The van der Waals surface area contributed by atoms with Crippen LogP contribution in [0.3, 0.4) is 0 Å². The predicted octanol–water partition coefficient (Wildman–Crippen LogP) is 12.8. The predicted molar refractivity (Wildman–Crippen MR) is 217 cm³/mol. The first-order valence-electron chi connectivity index (χ1n) is 20.7. The Morgan fingerprint density at radius 1 is 0.640 bits per heavy atom. The second kappa shape index (κ2) is 39.7. The molecule has 0 saturated carbocycles. The number of nitrogens with two attached hydrogens (primary N) is 1. The summed E-state index contributed by atoms with van der Waals surface area (Å²) >= 11 is 0. The normalized spacial score (nSPS) is 12.1. The molecule has 0 bridgehead atoms. The Morgan fingerprint density at radius 3 is 1.40 bits per heavy atom. The van der Waals surface area contributed by atoms with Crippen molar-refractivity contribution in [3.05, 3.63) is 42.0 Å². The Bertz CT molecular complexity index is 901. The summed E-state index contributed by atoms with van der Waals surface area (Å²) in [5.74, 6) is 3.47. The minimum Gasteiger partial charge on any atom is -0.462 e. The molecule has 290 valence electrons. The van der Waals surface area contributed by atoms with Crippen LogP contribution in [0, 0.1) is 0 Å². The van der Waals surface area contributed by atoms with E-state index >= 15 is 0 Å². The number of aliphatic hydroxyl groups excluding tert-OH is 1. The van der Waals surface area contributed by atoms with Crippen molar-refractivity contribution in [2.24, 2.45) is 0 Å². The van der Waals surface area contributed by atoms with Crippen molar-refractivity contribution in [3.8, 4) is 0 Å². The van der Waals surface area contributed by atoms with Crippen molar-refractivity contribution in [3.63, 3.8) is 0 Å². The van der Waals surface area contributed by atoms with Crippen molar-refractivity contribution in [2.45, 2.75) is 200 Å². The Labute approximate surface area is 309 Å². The number of carbonyl (C=O) groups excluding carboxylic acids is 2. The van der Waals surface area contributed by atoms with Gasteiger partial charge >= 0.3 is 11.9 Å². The van der Waals surface area contributed by atoms with Crippen molar-refractivity contribution in [1.82, 2.24) is 0 Å². The van der Waals surface area contributed by atoms with E-state index in [2.05, 4.69) is 43.9 Å². The largest absolute Gasteiger partial charge is 0.462 e. The van der Waals surface area contributed by atoms with Gasteiger partial charge in [-0.3, -0.25) is 9.59 Å². The second-order valence-electron chi connectivity index (χ2n) is 13.8. The summed E-state index contributed by atoms with van der Waals surface area (Å²) in [7, 11) is 0.821. The number of hydrogen-bond donors (Lipinski definition) is 2. The first kappa shape index (κ1) is 48.0. The van der Waals surface area contributed by atoms with Gasteiger partial charge in [0.15, 0.2) is 6.10 Å². The third-order valence-corrected chi connectivity index (χ3v) is 9.70. The summed E-state index contributed by atoms with van der Waals surface area (Å²) in [4.78, 5) is 24.2. The van der Waals surface area contributed by atoms with Gasteiger partial charge in [-0.15, -0.1) is 8.19 Å². The third-order valence-electron chi connectivity index (χ3n) is 8.84. The van der Waals surface area contributed by atoms with E-state index in [4.69, 9.17) is 15.2 Å². The number of rotatable bonds is 34. The summed E-state index contributed by atoms with van der Waals surface area (Å²) in [6, 6.07) is 1.93. The van der Waals surface area contributed by atoms with Crippen molar-refractivity contribution in [2.75, 3.05) is 18.9 Å². The topological polar surface area (TPSA) is 98.9 Å². The smallest absolute Gasteiger partial charge is 0.306 e. The van der Waals surface area contributed by atoms with Crippen molar-refractivity contribution < 1.29 is 24.2 Å². The van der Waals surface area contributed by atoms with Crippen LogP contribution in [0.25, 0.3) is 0 Å². The molecule has 1 heterocycles. The minimum absolute atomic E-state index is 0.0709. The number of unbranched alkanes of at least 4 members (excludes halogenated alkanes) is 22. The van der Waals surface area contributed by atoms with Gasteiger partial charge in [0, 0.05) is 18.5 Å². The second-order valence-corrected chi connectivity index (χ2v) is 14.7. The van der Waals surface area contributed by atoms with Crippen LogP contribution in [0.2, 0.25) is 0 Å². The molecule has 2 atom stereocenters. The van der Waals surface area contributed by atoms with E-state index in [1.165, 1.54) is 116 Å². The number of nitrogen functional groups attached to an aromatic ring is 1. The zero-order chi connectivity index (χ0) is 36.6. The third kappa shape index (κ3) is 37.2. The van der Waals surface area contributed by atoms with Gasteiger partial charge in [0.25, 0.3) is 0 Å². The Morgan fingerprint density at radius 2 is 1.04 bits per heavy atom. The molecular weight excluding hydrogens is 641 g/mol. The average molecular weight is 720 g/mol. The Kier molecular flexibility index (Phi) is 38.1. The van der Waals surface area contributed by atoms with E-state index in [0.29, 0.717) is 12.8 Å². The van der Waals surface area contributed by atoms with Gasteiger partial charge < -0.3 is 20.3 Å². The van der Waals surface area contributed by atoms with E-state index in [0.717, 1.165) is 65.2 Å². The number of anilines is 1. The fourth-order valence-electron chi connectivity index (χ4n) is 5.64. The van der Waals surface area contributed by atoms with E-state index in [-0.39, 0.29) is 25.2 Å². The lowest BCUT2D eigenvalue weighted by Gasteiger charge is -2.15. The van der Waals surface area contributed by atoms with Crippen LogP contribution in [0.4, 0.5) is 5.69 Å². The first-order chi connectivity index (χ1) is 24.5. The van der Waals surface area contributed by atoms with Crippen LogP contribution in [0.15, 0.2) is 42.0 Å². The van der Waals surface area contributed by atoms with Crippen LogP contribution in [-0.4, -0.2) is 36.4 Å². The minimum atomic E-state index is -0.774. The number of carbonyl (C=O) groups is 2. The fraction of sp³-hybridized carbons (Fsp3) is 0.767. The molecule has 0 spiro atoms. The van der Waals surface area contributed by atoms with Gasteiger partial charge in [0.05, 0.1) is 6.61 Å². The molecule has 0 radical (unpaired) electrons. The van der Waals surface area contributed by atoms with Gasteiger partial charge in [0.2, 0.25) is 0 Å². The van der Waals surface area contributed by atoms with Gasteiger partial charge in [-0.25, -0.2) is 0 Å². The molecule has 0 amide bonds. The van der Waals surface area contributed by atoms with Crippen LogP contribution < -0.4 is 5.73 Å². The zero-order valence-corrected chi connectivity index (χ0v) is 33.5. The van der Waals surface area contributed by atoms with Gasteiger partial charge in [-0.1, -0.05) is 141 Å². The van der Waals surface area contributed by atoms with Crippen molar-refractivity contribution >= 4 is 25.8 Å². The van der Waals surface area contributed by atoms with Gasteiger partial charge in [0.1, 0.15) is 6.61 Å². The number of allylic oxidation sites excluding steroid dienone is 4. The number of ether oxygens (including phenoxy) is 2. The average Bonchev–Trinajstić information content (AvgIpc) is 3.61. The molecule has 6 nitrogen and oxygen atoms in total. The molecule has 0 aliphatic rings. The van der Waals surface area contributed by atoms with Gasteiger partial charge in [-0.05, 0) is 81.9 Å². The van der Waals surface area contributed by atoms with Crippen LogP contribution >= 0.6 is 8.19 Å². The highest BCUT2D eigenvalue weighted by atomic mass is 31.0. The van der Waals surface area contributed by atoms with E-state index in [1.807, 2.05) is 11.9 Å². The molecular formula is C43H78NO5P. The highest BCUT2D eigenvalue weighted by molar-refractivity contribution is 7.28. The quantitative estimate of drug-likeness (QED) is 0.0418. The number of aliphatic hydroxyl groups is 1. The first-order valence-corrected chi connectivity index (χ1v) is 21.8. The summed E-state index contributed by atoms with van der Waals surface area (Å²) < 4.78 is 10.6. The zero-order valence-electron chi connectivity index (χ0n) is 32.5. The Balaban J connectivity index is 0.00000358. The summed E-state index contributed by atoms with van der Waals surface area (Å²) in [6.07, 6.45) is 40.9. The molecule has 0 saturated heterocycles. The monoisotopic (exact) mass is 720 g/mol. The van der Waals surface area contributed by atoms with E-state index in [1.54, 1.807) is 0 Å². The maximum Gasteiger partial charge on any atom is 0.306 e. The lowest BCUT2D eigenvalue weighted by molar-refractivity contribution is -0.161. The molecule has 7 heteroatoms. The van der Waals surface area contributed by atoms with Crippen LogP contribution in [0.5, 0.6) is 0 Å². The molecule has 0 aromatic carbocycles. The van der Waals surface area contributed by atoms with Crippen LogP contribution in [0.1, 0.15) is 194 Å². The maximum absolute atomic E-state index is 12.1. The number of hydrogen-bond acceptors (Lipinski definition) is 6.